The van der Waals surface area contributed by atoms with Crippen LogP contribution in [0.2, 0.25) is 5.02 Å². The summed E-state index contributed by atoms with van der Waals surface area (Å²) < 4.78 is 30.0. The average molecular weight is 417 g/mol. The SMILES string of the molecule is CC1(c2cc(NC(=O)c3ccc(Cl)c(F)n3)ccc2F)Cn2ccnc2C(N)=N1. The van der Waals surface area contributed by atoms with Crippen LogP contribution in [-0.2, 0) is 12.1 Å². The Hall–Kier alpha value is -3.33. The number of nitrogens with one attached hydrogen (secondary N) is 1. The molecule has 3 heterocycles. The number of hydrogen-bond donors (Lipinski definition) is 2. The molecule has 7 nitrogen and oxygen atoms in total. The van der Waals surface area contributed by atoms with Gasteiger partial charge in [0.25, 0.3) is 5.91 Å². The van der Waals surface area contributed by atoms with Crippen molar-refractivity contribution in [3.63, 3.8) is 0 Å². The molecule has 0 saturated heterocycles. The third-order valence-electron chi connectivity index (χ3n) is 4.63. The molecule has 1 aliphatic rings. The van der Waals surface area contributed by atoms with E-state index in [4.69, 9.17) is 17.3 Å². The molecule has 4 rings (SSSR count). The molecule has 0 bridgehead atoms. The van der Waals surface area contributed by atoms with Gasteiger partial charge in [0.2, 0.25) is 5.95 Å². The zero-order valence-corrected chi connectivity index (χ0v) is 15.9. The Bertz CT molecular complexity index is 1160. The zero-order valence-electron chi connectivity index (χ0n) is 15.2. The van der Waals surface area contributed by atoms with E-state index in [1.165, 1.54) is 30.3 Å². The molecule has 0 spiro atoms. The predicted molar refractivity (Wildman–Crippen MR) is 104 cm³/mol. The topological polar surface area (TPSA) is 98.2 Å². The molecular weight excluding hydrogens is 402 g/mol. The lowest BCUT2D eigenvalue weighted by atomic mass is 9.90. The molecular formula is C19H15ClF2N6O. The number of aliphatic imine (C=N–C) groups is 1. The summed E-state index contributed by atoms with van der Waals surface area (Å²) in [7, 11) is 0. The smallest absolute Gasteiger partial charge is 0.274 e. The fourth-order valence-electron chi connectivity index (χ4n) is 3.25. The number of nitrogens with zero attached hydrogens (tertiary/aromatic N) is 4. The minimum atomic E-state index is -1.01. The Morgan fingerprint density at radius 2 is 2.10 bits per heavy atom. The van der Waals surface area contributed by atoms with Crippen LogP contribution in [0.1, 0.15) is 28.8 Å². The number of amidine groups is 1. The second-order valence-electron chi connectivity index (χ2n) is 6.77. The van der Waals surface area contributed by atoms with Gasteiger partial charge in [0, 0.05) is 23.6 Å². The molecule has 148 valence electrons. The highest BCUT2D eigenvalue weighted by atomic mass is 35.5. The number of halogens is 3. The van der Waals surface area contributed by atoms with E-state index in [1.807, 2.05) is 0 Å². The van der Waals surface area contributed by atoms with Crippen LogP contribution in [0.15, 0.2) is 47.7 Å². The van der Waals surface area contributed by atoms with Gasteiger partial charge in [0.1, 0.15) is 17.1 Å². The molecule has 3 N–H and O–H groups in total. The quantitative estimate of drug-likeness (QED) is 0.641. The minimum Gasteiger partial charge on any atom is -0.381 e. The second-order valence-corrected chi connectivity index (χ2v) is 7.17. The number of benzene rings is 1. The molecule has 0 aliphatic carbocycles. The van der Waals surface area contributed by atoms with Crippen LogP contribution in [0, 0.1) is 11.8 Å². The van der Waals surface area contributed by atoms with Gasteiger partial charge in [-0.25, -0.2) is 14.4 Å². The van der Waals surface area contributed by atoms with E-state index in [-0.39, 0.29) is 22.1 Å². The van der Waals surface area contributed by atoms with Crippen molar-refractivity contribution < 1.29 is 13.6 Å². The van der Waals surface area contributed by atoms with E-state index in [2.05, 4.69) is 20.3 Å². The first-order valence-corrected chi connectivity index (χ1v) is 8.95. The Balaban J connectivity index is 1.65. The monoisotopic (exact) mass is 416 g/mol. The first-order chi connectivity index (χ1) is 13.8. The molecule has 3 aromatic rings. The van der Waals surface area contributed by atoms with Gasteiger partial charge in [0.05, 0.1) is 11.6 Å². The summed E-state index contributed by atoms with van der Waals surface area (Å²) >= 11 is 5.58. The lowest BCUT2D eigenvalue weighted by Crippen LogP contribution is -2.37. The molecule has 1 aromatic carbocycles. The summed E-state index contributed by atoms with van der Waals surface area (Å²) in [6, 6.07) is 6.61. The third kappa shape index (κ3) is 3.44. The van der Waals surface area contributed by atoms with E-state index >= 15 is 0 Å². The van der Waals surface area contributed by atoms with Gasteiger partial charge in [-0.05, 0) is 37.3 Å². The van der Waals surface area contributed by atoms with Crippen LogP contribution in [0.25, 0.3) is 0 Å². The van der Waals surface area contributed by atoms with Crippen molar-refractivity contribution in [3.05, 3.63) is 76.6 Å². The summed E-state index contributed by atoms with van der Waals surface area (Å²) in [5, 5.41) is 2.39. The lowest BCUT2D eigenvalue weighted by molar-refractivity contribution is 0.102. The van der Waals surface area contributed by atoms with Crippen molar-refractivity contribution in [3.8, 4) is 0 Å². The Morgan fingerprint density at radius 3 is 2.86 bits per heavy atom. The third-order valence-corrected chi connectivity index (χ3v) is 4.91. The number of carbonyl (C=O) groups is 1. The largest absolute Gasteiger partial charge is 0.381 e. The van der Waals surface area contributed by atoms with E-state index in [9.17, 15) is 13.6 Å². The van der Waals surface area contributed by atoms with Crippen molar-refractivity contribution in [2.45, 2.75) is 19.0 Å². The van der Waals surface area contributed by atoms with Crippen molar-refractivity contribution in [1.82, 2.24) is 14.5 Å². The van der Waals surface area contributed by atoms with Crippen LogP contribution in [0.5, 0.6) is 0 Å². The molecule has 1 amide bonds. The Morgan fingerprint density at radius 1 is 1.31 bits per heavy atom. The fourth-order valence-corrected chi connectivity index (χ4v) is 3.36. The predicted octanol–water partition coefficient (Wildman–Crippen LogP) is 3.10. The zero-order chi connectivity index (χ0) is 20.8. The van der Waals surface area contributed by atoms with Crippen LogP contribution in [0.4, 0.5) is 14.5 Å². The highest BCUT2D eigenvalue weighted by Crippen LogP contribution is 2.34. The second kappa shape index (κ2) is 6.93. The van der Waals surface area contributed by atoms with Gasteiger partial charge in [-0.15, -0.1) is 0 Å². The standard InChI is InChI=1S/C19H15ClF2N6O/c1-19(9-28-7-6-24-17(28)16(23)27-19)11-8-10(2-4-13(11)21)25-18(29)14-5-3-12(20)15(22)26-14/h2-8H,9H2,1H3,(H2,23,27)(H,25,29). The number of rotatable bonds is 3. The molecule has 0 radical (unpaired) electrons. The van der Waals surface area contributed by atoms with Crippen LogP contribution in [0.3, 0.4) is 0 Å². The van der Waals surface area contributed by atoms with Crippen LogP contribution >= 0.6 is 11.6 Å². The number of amides is 1. The van der Waals surface area contributed by atoms with Crippen molar-refractivity contribution >= 4 is 29.0 Å². The maximum atomic E-state index is 14.7. The molecule has 2 aromatic heterocycles. The van der Waals surface area contributed by atoms with Gasteiger partial charge < -0.3 is 15.6 Å². The molecule has 0 saturated carbocycles. The van der Waals surface area contributed by atoms with Crippen LogP contribution < -0.4 is 11.1 Å². The van der Waals surface area contributed by atoms with Gasteiger partial charge >= 0.3 is 0 Å². The summed E-state index contributed by atoms with van der Waals surface area (Å²) in [5.41, 5.74) is 5.37. The van der Waals surface area contributed by atoms with E-state index in [1.54, 1.807) is 23.9 Å². The number of carbonyl (C=O) groups excluding carboxylic acids is 1. The van der Waals surface area contributed by atoms with E-state index in [0.29, 0.717) is 18.1 Å². The van der Waals surface area contributed by atoms with Gasteiger partial charge in [-0.3, -0.25) is 9.79 Å². The van der Waals surface area contributed by atoms with Crippen LogP contribution in [-0.4, -0.2) is 26.3 Å². The highest BCUT2D eigenvalue weighted by Gasteiger charge is 2.35. The highest BCUT2D eigenvalue weighted by molar-refractivity contribution is 6.30. The molecule has 1 unspecified atom stereocenters. The number of hydrogen-bond acceptors (Lipinski definition) is 5. The van der Waals surface area contributed by atoms with E-state index in [0.717, 1.165) is 0 Å². The normalized spacial score (nSPS) is 18.1. The van der Waals surface area contributed by atoms with Gasteiger partial charge in [-0.2, -0.15) is 4.39 Å². The minimum absolute atomic E-state index is 0.160. The Kier molecular flexibility index (Phi) is 4.54. The number of imidazole rings is 1. The first-order valence-electron chi connectivity index (χ1n) is 8.57. The van der Waals surface area contributed by atoms with E-state index < -0.39 is 23.2 Å². The number of fused-ring (bicyclic) bond motifs is 1. The first kappa shape index (κ1) is 19.0. The Labute approximate surface area is 169 Å². The molecule has 29 heavy (non-hydrogen) atoms. The molecule has 1 aliphatic heterocycles. The van der Waals surface area contributed by atoms with Crippen molar-refractivity contribution in [2.24, 2.45) is 10.7 Å². The maximum absolute atomic E-state index is 14.7. The summed E-state index contributed by atoms with van der Waals surface area (Å²) in [4.78, 5) is 24.5. The molecule has 0 fully saturated rings. The average Bonchev–Trinajstić information content (AvgIpc) is 3.14. The summed E-state index contributed by atoms with van der Waals surface area (Å²) in [5.74, 6) is -1.40. The number of pyridine rings is 1. The molecule has 10 heteroatoms. The number of anilines is 1. The van der Waals surface area contributed by atoms with Gasteiger partial charge in [-0.1, -0.05) is 11.6 Å². The number of aromatic nitrogens is 3. The maximum Gasteiger partial charge on any atom is 0.274 e. The number of nitrogens with two attached hydrogens (primary N) is 1. The van der Waals surface area contributed by atoms with Crippen molar-refractivity contribution in [2.75, 3.05) is 5.32 Å². The summed E-state index contributed by atoms with van der Waals surface area (Å²) in [6.45, 7) is 2.06. The lowest BCUT2D eigenvalue weighted by Gasteiger charge is -2.31. The molecule has 1 atom stereocenters. The van der Waals surface area contributed by atoms with Gasteiger partial charge in [0.15, 0.2) is 11.7 Å². The fraction of sp³-hybridized carbons (Fsp3) is 0.158. The summed E-state index contributed by atoms with van der Waals surface area (Å²) in [6.07, 6.45) is 3.33. The van der Waals surface area contributed by atoms with Crippen molar-refractivity contribution in [1.29, 1.82) is 0 Å².